The van der Waals surface area contributed by atoms with Gasteiger partial charge in [0.15, 0.2) is 0 Å². The standard InChI is InChI=1S/C14H20N2O2S3/c1-4-15-8-12-7-14(19-9-12)21(17,18)16-11(3)13-6-5-10(2)20-13/h5-7,9,11,15-16H,4,8H2,1-3H3. The number of thiophene rings is 2. The van der Waals surface area contributed by atoms with Crippen LogP contribution in [0.2, 0.25) is 0 Å². The van der Waals surface area contributed by atoms with Crippen LogP contribution in [-0.4, -0.2) is 15.0 Å². The molecule has 2 rings (SSSR count). The van der Waals surface area contributed by atoms with Gasteiger partial charge < -0.3 is 5.32 Å². The summed E-state index contributed by atoms with van der Waals surface area (Å²) in [6, 6.07) is 5.50. The van der Waals surface area contributed by atoms with Crippen molar-refractivity contribution in [1.29, 1.82) is 0 Å². The van der Waals surface area contributed by atoms with Crippen molar-refractivity contribution in [2.75, 3.05) is 6.54 Å². The van der Waals surface area contributed by atoms with Gasteiger partial charge in [-0.2, -0.15) is 0 Å². The molecule has 0 radical (unpaired) electrons. The molecule has 21 heavy (non-hydrogen) atoms. The molecule has 2 heterocycles. The molecule has 2 aromatic heterocycles. The second-order valence-electron chi connectivity index (χ2n) is 4.85. The van der Waals surface area contributed by atoms with Crippen LogP contribution in [0.5, 0.6) is 0 Å². The highest BCUT2D eigenvalue weighted by Gasteiger charge is 2.21. The molecule has 0 aliphatic heterocycles. The number of nitrogens with one attached hydrogen (secondary N) is 2. The first kappa shape index (κ1) is 16.6. The summed E-state index contributed by atoms with van der Waals surface area (Å²) < 4.78 is 27.9. The quantitative estimate of drug-likeness (QED) is 0.810. The molecule has 1 unspecified atom stereocenters. The molecule has 2 aromatic rings. The third-order valence-corrected chi connectivity index (χ3v) is 7.21. The van der Waals surface area contributed by atoms with E-state index in [9.17, 15) is 8.42 Å². The molecule has 0 aliphatic carbocycles. The fraction of sp³-hybridized carbons (Fsp3) is 0.429. The first-order valence-corrected chi connectivity index (χ1v) is 9.97. The highest BCUT2D eigenvalue weighted by Crippen LogP contribution is 2.26. The van der Waals surface area contributed by atoms with Crippen LogP contribution in [-0.2, 0) is 16.6 Å². The van der Waals surface area contributed by atoms with Gasteiger partial charge in [0.05, 0.1) is 6.04 Å². The van der Waals surface area contributed by atoms with Gasteiger partial charge in [0.2, 0.25) is 0 Å². The summed E-state index contributed by atoms with van der Waals surface area (Å²) >= 11 is 2.88. The molecule has 0 saturated carbocycles. The Kier molecular flexibility index (Phi) is 5.56. The second kappa shape index (κ2) is 7.02. The lowest BCUT2D eigenvalue weighted by molar-refractivity contribution is 0.570. The van der Waals surface area contributed by atoms with E-state index in [1.54, 1.807) is 17.4 Å². The van der Waals surface area contributed by atoms with E-state index in [0.717, 1.165) is 17.0 Å². The highest BCUT2D eigenvalue weighted by molar-refractivity contribution is 7.91. The summed E-state index contributed by atoms with van der Waals surface area (Å²) in [6.07, 6.45) is 0. The highest BCUT2D eigenvalue weighted by atomic mass is 32.2. The van der Waals surface area contributed by atoms with Gasteiger partial charge in [0.25, 0.3) is 10.0 Å². The van der Waals surface area contributed by atoms with Gasteiger partial charge in [-0.3, -0.25) is 0 Å². The summed E-state index contributed by atoms with van der Waals surface area (Å²) in [7, 11) is -3.46. The molecule has 0 aliphatic rings. The smallest absolute Gasteiger partial charge is 0.250 e. The topological polar surface area (TPSA) is 58.2 Å². The molecule has 7 heteroatoms. The normalized spacial score (nSPS) is 13.5. The van der Waals surface area contributed by atoms with Gasteiger partial charge in [0, 0.05) is 16.3 Å². The van der Waals surface area contributed by atoms with Crippen LogP contribution in [0.1, 0.15) is 35.2 Å². The maximum absolute atomic E-state index is 12.4. The molecular weight excluding hydrogens is 324 g/mol. The molecule has 0 fully saturated rings. The minimum absolute atomic E-state index is 0.215. The molecule has 0 amide bonds. The van der Waals surface area contributed by atoms with E-state index in [2.05, 4.69) is 10.0 Å². The average Bonchev–Trinajstić information content (AvgIpc) is 3.05. The van der Waals surface area contributed by atoms with Crippen LogP contribution in [0.15, 0.2) is 27.8 Å². The molecule has 4 nitrogen and oxygen atoms in total. The Morgan fingerprint density at radius 3 is 2.71 bits per heavy atom. The Bertz CT molecular complexity index is 689. The van der Waals surface area contributed by atoms with Crippen molar-refractivity contribution in [3.8, 4) is 0 Å². The monoisotopic (exact) mass is 344 g/mol. The Balaban J connectivity index is 2.09. The fourth-order valence-electron chi connectivity index (χ4n) is 1.89. The molecule has 116 valence electrons. The molecule has 0 spiro atoms. The SMILES string of the molecule is CCNCc1csc(S(=O)(=O)NC(C)c2ccc(C)s2)c1. The van der Waals surface area contributed by atoms with E-state index in [0.29, 0.717) is 10.8 Å². The Morgan fingerprint density at radius 1 is 1.33 bits per heavy atom. The lowest BCUT2D eigenvalue weighted by atomic mass is 10.3. The van der Waals surface area contributed by atoms with Crippen molar-refractivity contribution in [2.45, 2.75) is 37.6 Å². The van der Waals surface area contributed by atoms with Crippen molar-refractivity contribution in [3.05, 3.63) is 38.9 Å². The number of rotatable bonds is 7. The zero-order valence-electron chi connectivity index (χ0n) is 12.3. The summed E-state index contributed by atoms with van der Waals surface area (Å²) in [5, 5.41) is 5.08. The molecule has 0 aromatic carbocycles. The number of sulfonamides is 1. The summed E-state index contributed by atoms with van der Waals surface area (Å²) in [6.45, 7) is 7.47. The zero-order valence-corrected chi connectivity index (χ0v) is 14.8. The first-order valence-electron chi connectivity index (χ1n) is 6.79. The molecule has 0 saturated heterocycles. The summed E-state index contributed by atoms with van der Waals surface area (Å²) in [4.78, 5) is 2.21. The maximum Gasteiger partial charge on any atom is 0.250 e. The van der Waals surface area contributed by atoms with Gasteiger partial charge in [0.1, 0.15) is 4.21 Å². The predicted molar refractivity (Wildman–Crippen MR) is 89.5 cm³/mol. The van der Waals surface area contributed by atoms with Gasteiger partial charge in [-0.25, -0.2) is 13.1 Å². The van der Waals surface area contributed by atoms with Crippen molar-refractivity contribution in [1.82, 2.24) is 10.0 Å². The Morgan fingerprint density at radius 2 is 2.10 bits per heavy atom. The minimum atomic E-state index is -3.46. The average molecular weight is 345 g/mol. The van der Waals surface area contributed by atoms with Crippen LogP contribution in [0.25, 0.3) is 0 Å². The van der Waals surface area contributed by atoms with Crippen LogP contribution >= 0.6 is 22.7 Å². The number of aryl methyl sites for hydroxylation is 1. The molecule has 2 N–H and O–H groups in total. The minimum Gasteiger partial charge on any atom is -0.313 e. The summed E-state index contributed by atoms with van der Waals surface area (Å²) in [5.74, 6) is 0. The maximum atomic E-state index is 12.4. The van der Waals surface area contributed by atoms with E-state index in [1.807, 2.05) is 38.3 Å². The van der Waals surface area contributed by atoms with Crippen LogP contribution < -0.4 is 10.0 Å². The van der Waals surface area contributed by atoms with Gasteiger partial charge in [-0.1, -0.05) is 6.92 Å². The van der Waals surface area contributed by atoms with Crippen LogP contribution in [0, 0.1) is 6.92 Å². The largest absolute Gasteiger partial charge is 0.313 e. The third-order valence-electron chi connectivity index (χ3n) is 2.99. The molecular formula is C14H20N2O2S3. The van der Waals surface area contributed by atoms with Gasteiger partial charge >= 0.3 is 0 Å². The number of hydrogen-bond donors (Lipinski definition) is 2. The lowest BCUT2D eigenvalue weighted by Gasteiger charge is -2.11. The van der Waals surface area contributed by atoms with Crippen molar-refractivity contribution in [2.24, 2.45) is 0 Å². The lowest BCUT2D eigenvalue weighted by Crippen LogP contribution is -2.25. The van der Waals surface area contributed by atoms with E-state index in [4.69, 9.17) is 0 Å². The second-order valence-corrected chi connectivity index (χ2v) is 9.02. The van der Waals surface area contributed by atoms with Gasteiger partial charge in [-0.15, -0.1) is 22.7 Å². The number of hydrogen-bond acceptors (Lipinski definition) is 5. The van der Waals surface area contributed by atoms with Crippen LogP contribution in [0.3, 0.4) is 0 Å². The zero-order chi connectivity index (χ0) is 15.5. The van der Waals surface area contributed by atoms with Crippen molar-refractivity contribution < 1.29 is 8.42 Å². The Hall–Kier alpha value is -0.730. The van der Waals surface area contributed by atoms with Crippen LogP contribution in [0.4, 0.5) is 0 Å². The van der Waals surface area contributed by atoms with Gasteiger partial charge in [-0.05, 0) is 49.5 Å². The first-order chi connectivity index (χ1) is 9.92. The third kappa shape index (κ3) is 4.37. The van der Waals surface area contributed by atoms with Crippen molar-refractivity contribution >= 4 is 32.7 Å². The predicted octanol–water partition coefficient (Wildman–Crippen LogP) is 3.27. The molecule has 0 bridgehead atoms. The molecule has 1 atom stereocenters. The fourth-order valence-corrected chi connectivity index (χ4v) is 5.29. The van der Waals surface area contributed by atoms with Crippen molar-refractivity contribution in [3.63, 3.8) is 0 Å². The summed E-state index contributed by atoms with van der Waals surface area (Å²) in [5.41, 5.74) is 1.00. The van der Waals surface area contributed by atoms with E-state index in [-0.39, 0.29) is 6.04 Å². The van der Waals surface area contributed by atoms with E-state index < -0.39 is 10.0 Å². The Labute approximate surface area is 134 Å². The van der Waals surface area contributed by atoms with E-state index >= 15 is 0 Å². The van der Waals surface area contributed by atoms with E-state index in [1.165, 1.54) is 16.2 Å².